The topological polar surface area (TPSA) is 64.2 Å². The number of aromatic nitrogens is 2. The lowest BCUT2D eigenvalue weighted by molar-refractivity contribution is -0.143. The van der Waals surface area contributed by atoms with Crippen molar-refractivity contribution in [1.29, 1.82) is 0 Å². The second-order valence-electron chi connectivity index (χ2n) is 4.42. The van der Waals surface area contributed by atoms with Gasteiger partial charge in [-0.1, -0.05) is 0 Å². The Balaban J connectivity index is 2.30. The Morgan fingerprint density at radius 1 is 1.53 bits per heavy atom. The van der Waals surface area contributed by atoms with E-state index in [1.54, 1.807) is 0 Å². The third-order valence-electron chi connectivity index (χ3n) is 2.86. The number of nitrogens with zero attached hydrogens (tertiary/aromatic N) is 3. The Bertz CT molecular complexity index is 530. The summed E-state index contributed by atoms with van der Waals surface area (Å²) in [4.78, 5) is 13.6. The van der Waals surface area contributed by atoms with Crippen LogP contribution in [0.4, 0.5) is 18.9 Å². The molecule has 9 heteroatoms. The molecule has 1 aliphatic rings. The highest BCUT2D eigenvalue weighted by Gasteiger charge is 2.30. The van der Waals surface area contributed by atoms with Gasteiger partial charge in [0.1, 0.15) is 11.0 Å². The molecule has 1 atom stereocenters. The molecule has 2 heterocycles. The van der Waals surface area contributed by atoms with Gasteiger partial charge in [0.05, 0.1) is 11.9 Å². The zero-order chi connectivity index (χ0) is 14.2. The van der Waals surface area contributed by atoms with Crippen LogP contribution in [0.5, 0.6) is 0 Å². The van der Waals surface area contributed by atoms with Crippen molar-refractivity contribution in [3.8, 4) is 0 Å². The molecule has 0 bridgehead atoms. The van der Waals surface area contributed by atoms with E-state index >= 15 is 0 Å². The Morgan fingerprint density at radius 3 is 2.74 bits per heavy atom. The molecule has 1 aromatic heterocycles. The molecule has 0 saturated carbocycles. The molecular formula is C10H12BrF3N4O. The van der Waals surface area contributed by atoms with E-state index in [9.17, 15) is 18.0 Å². The fourth-order valence-corrected chi connectivity index (χ4v) is 2.52. The van der Waals surface area contributed by atoms with Crippen molar-refractivity contribution in [2.45, 2.75) is 25.2 Å². The summed E-state index contributed by atoms with van der Waals surface area (Å²) in [7, 11) is 0. The number of anilines is 1. The van der Waals surface area contributed by atoms with E-state index in [-0.39, 0.29) is 10.5 Å². The van der Waals surface area contributed by atoms with Crippen molar-refractivity contribution in [3.05, 3.63) is 21.0 Å². The van der Waals surface area contributed by atoms with Gasteiger partial charge in [-0.15, -0.1) is 0 Å². The van der Waals surface area contributed by atoms with E-state index in [0.29, 0.717) is 23.5 Å². The van der Waals surface area contributed by atoms with Crippen molar-refractivity contribution in [2.75, 3.05) is 18.0 Å². The zero-order valence-electron chi connectivity index (χ0n) is 9.82. The van der Waals surface area contributed by atoms with Crippen molar-refractivity contribution in [1.82, 2.24) is 9.78 Å². The standard InChI is InChI=1S/C10H12BrF3N4O/c11-8-7(17-2-1-6(15)4-17)3-16-18(9(8)19)5-10(12,13)14/h3,6H,1-2,4-5,15H2. The predicted octanol–water partition coefficient (Wildman–Crippen LogP) is 1.11. The van der Waals surface area contributed by atoms with Gasteiger partial charge >= 0.3 is 6.18 Å². The van der Waals surface area contributed by atoms with Gasteiger partial charge in [-0.25, -0.2) is 4.68 Å². The van der Waals surface area contributed by atoms with Crippen LogP contribution in [-0.2, 0) is 6.54 Å². The van der Waals surface area contributed by atoms with Crippen LogP contribution in [0, 0.1) is 0 Å². The summed E-state index contributed by atoms with van der Waals surface area (Å²) in [6.07, 6.45) is -2.44. The molecule has 1 saturated heterocycles. The fraction of sp³-hybridized carbons (Fsp3) is 0.600. The van der Waals surface area contributed by atoms with E-state index in [2.05, 4.69) is 21.0 Å². The SMILES string of the molecule is NC1CCN(c2cnn(CC(F)(F)F)c(=O)c2Br)C1. The Hall–Kier alpha value is -1.09. The lowest BCUT2D eigenvalue weighted by atomic mass is 10.3. The van der Waals surface area contributed by atoms with Crippen LogP contribution in [0.15, 0.2) is 15.5 Å². The lowest BCUT2D eigenvalue weighted by Crippen LogP contribution is -2.33. The normalized spacial score (nSPS) is 20.1. The number of hydrogen-bond acceptors (Lipinski definition) is 4. The fourth-order valence-electron chi connectivity index (χ4n) is 1.97. The minimum absolute atomic E-state index is 0.00417. The summed E-state index contributed by atoms with van der Waals surface area (Å²) in [5, 5.41) is 3.57. The number of nitrogens with two attached hydrogens (primary N) is 1. The van der Waals surface area contributed by atoms with Gasteiger partial charge in [0, 0.05) is 19.1 Å². The smallest absolute Gasteiger partial charge is 0.368 e. The molecule has 2 N–H and O–H groups in total. The molecule has 106 valence electrons. The van der Waals surface area contributed by atoms with Gasteiger partial charge in [0.2, 0.25) is 0 Å². The minimum Gasteiger partial charge on any atom is -0.368 e. The second kappa shape index (κ2) is 5.12. The lowest BCUT2D eigenvalue weighted by Gasteiger charge is -2.19. The van der Waals surface area contributed by atoms with Gasteiger partial charge < -0.3 is 10.6 Å². The van der Waals surface area contributed by atoms with Gasteiger partial charge in [-0.2, -0.15) is 18.3 Å². The first kappa shape index (κ1) is 14.3. The quantitative estimate of drug-likeness (QED) is 0.875. The molecule has 0 aromatic carbocycles. The van der Waals surface area contributed by atoms with Crippen molar-refractivity contribution >= 4 is 21.6 Å². The van der Waals surface area contributed by atoms with Crippen molar-refractivity contribution in [3.63, 3.8) is 0 Å². The molecule has 0 radical (unpaired) electrons. The number of hydrogen-bond donors (Lipinski definition) is 1. The van der Waals surface area contributed by atoms with Gasteiger partial charge in [0.15, 0.2) is 0 Å². The molecule has 1 aliphatic heterocycles. The monoisotopic (exact) mass is 340 g/mol. The van der Waals surface area contributed by atoms with Gasteiger partial charge in [0.25, 0.3) is 5.56 Å². The summed E-state index contributed by atoms with van der Waals surface area (Å²) in [5.41, 5.74) is 5.44. The van der Waals surface area contributed by atoms with Gasteiger partial charge in [-0.3, -0.25) is 4.79 Å². The highest BCUT2D eigenvalue weighted by Crippen LogP contribution is 2.25. The molecule has 5 nitrogen and oxygen atoms in total. The van der Waals surface area contributed by atoms with Crippen LogP contribution in [0.1, 0.15) is 6.42 Å². The minimum atomic E-state index is -4.48. The summed E-state index contributed by atoms with van der Waals surface area (Å²) >= 11 is 3.05. The first-order valence-corrected chi connectivity index (χ1v) is 6.40. The average Bonchev–Trinajstić information content (AvgIpc) is 2.70. The first-order chi connectivity index (χ1) is 8.78. The summed E-state index contributed by atoms with van der Waals surface area (Å²) in [6.45, 7) is -0.183. The largest absolute Gasteiger partial charge is 0.408 e. The number of alkyl halides is 3. The van der Waals surface area contributed by atoms with Crippen LogP contribution < -0.4 is 16.2 Å². The third-order valence-corrected chi connectivity index (χ3v) is 3.61. The molecule has 0 spiro atoms. The number of rotatable bonds is 2. The molecule has 1 unspecified atom stereocenters. The van der Waals surface area contributed by atoms with Crippen molar-refractivity contribution < 1.29 is 13.2 Å². The summed E-state index contributed by atoms with van der Waals surface area (Å²) in [6, 6.07) is 0.00417. The van der Waals surface area contributed by atoms with Crippen LogP contribution >= 0.6 is 15.9 Å². The predicted molar refractivity (Wildman–Crippen MR) is 67.1 cm³/mol. The molecule has 1 aromatic rings. The van der Waals surface area contributed by atoms with Gasteiger partial charge in [-0.05, 0) is 22.4 Å². The molecule has 2 rings (SSSR count). The van der Waals surface area contributed by atoms with E-state index < -0.39 is 18.3 Å². The highest BCUT2D eigenvalue weighted by molar-refractivity contribution is 9.10. The first-order valence-electron chi connectivity index (χ1n) is 5.61. The maximum atomic E-state index is 12.3. The van der Waals surface area contributed by atoms with E-state index in [4.69, 9.17) is 5.73 Å². The van der Waals surface area contributed by atoms with E-state index in [1.807, 2.05) is 4.90 Å². The van der Waals surface area contributed by atoms with Crippen LogP contribution in [0.3, 0.4) is 0 Å². The highest BCUT2D eigenvalue weighted by atomic mass is 79.9. The third kappa shape index (κ3) is 3.27. The van der Waals surface area contributed by atoms with Crippen LogP contribution in [0.2, 0.25) is 0 Å². The maximum Gasteiger partial charge on any atom is 0.408 e. The molecule has 0 aliphatic carbocycles. The summed E-state index contributed by atoms with van der Waals surface area (Å²) in [5.74, 6) is 0. The van der Waals surface area contributed by atoms with Crippen LogP contribution in [-0.4, -0.2) is 35.1 Å². The summed E-state index contributed by atoms with van der Waals surface area (Å²) < 4.78 is 37.3. The zero-order valence-corrected chi connectivity index (χ0v) is 11.4. The molecule has 1 fully saturated rings. The van der Waals surface area contributed by atoms with E-state index in [0.717, 1.165) is 6.42 Å². The maximum absolute atomic E-state index is 12.3. The molecular weight excluding hydrogens is 329 g/mol. The van der Waals surface area contributed by atoms with Crippen molar-refractivity contribution in [2.24, 2.45) is 5.73 Å². The van der Waals surface area contributed by atoms with Crippen LogP contribution in [0.25, 0.3) is 0 Å². The van der Waals surface area contributed by atoms with E-state index in [1.165, 1.54) is 6.20 Å². The average molecular weight is 341 g/mol. The number of halogens is 4. The Morgan fingerprint density at radius 2 is 2.21 bits per heavy atom. The molecule has 0 amide bonds. The molecule has 19 heavy (non-hydrogen) atoms. The Kier molecular flexibility index (Phi) is 3.86. The second-order valence-corrected chi connectivity index (χ2v) is 5.21. The Labute approximate surface area is 115 Å².